The third-order valence-electron chi connectivity index (χ3n) is 7.70. The van der Waals surface area contributed by atoms with E-state index in [1.165, 1.54) is 12.1 Å². The van der Waals surface area contributed by atoms with Crippen LogP contribution in [0.4, 0.5) is 24.9 Å². The lowest BCUT2D eigenvalue weighted by atomic mass is 9.76. The summed E-state index contributed by atoms with van der Waals surface area (Å²) in [7, 11) is 0. The maximum absolute atomic E-state index is 14.5. The van der Waals surface area contributed by atoms with Gasteiger partial charge in [-0.25, -0.2) is 0 Å². The third-order valence-corrected chi connectivity index (χ3v) is 7.94. The van der Waals surface area contributed by atoms with E-state index in [-0.39, 0.29) is 39.8 Å². The van der Waals surface area contributed by atoms with Gasteiger partial charge in [-0.3, -0.25) is 4.79 Å². The van der Waals surface area contributed by atoms with Crippen LogP contribution in [0.2, 0.25) is 5.02 Å². The minimum Gasteiger partial charge on any atom is -0.465 e. The van der Waals surface area contributed by atoms with Gasteiger partial charge in [0.05, 0.1) is 6.61 Å². The molecule has 41 heavy (non-hydrogen) atoms. The Labute approximate surface area is 241 Å². The number of piperidine rings is 1. The topological polar surface area (TPSA) is 103 Å². The largest absolute Gasteiger partial charge is 0.465 e. The third kappa shape index (κ3) is 6.51. The molecule has 12 heteroatoms. The van der Waals surface area contributed by atoms with Crippen molar-refractivity contribution < 1.29 is 27.4 Å². The Kier molecular flexibility index (Phi) is 8.28. The molecule has 2 aromatic carbocycles. The van der Waals surface area contributed by atoms with Crippen molar-refractivity contribution in [3.8, 4) is 17.0 Å². The molecule has 2 aliphatic rings. The maximum atomic E-state index is 14.5. The summed E-state index contributed by atoms with van der Waals surface area (Å²) in [6.07, 6.45) is -4.92. The SMILES string of the molecule is CCOC(=O)C1CC2(CCN(c3cc(O[C@H](c4cc(Cl)ccc4-c4ccccc4)C(F)(F)F)nc(N)n3)CC2)CN1. The number of rotatable bonds is 7. The lowest BCUT2D eigenvalue weighted by Gasteiger charge is -2.39. The van der Waals surface area contributed by atoms with Gasteiger partial charge >= 0.3 is 12.1 Å². The van der Waals surface area contributed by atoms with E-state index in [0.717, 1.165) is 12.8 Å². The van der Waals surface area contributed by atoms with Crippen molar-refractivity contribution >= 4 is 29.3 Å². The number of aromatic nitrogens is 2. The average Bonchev–Trinajstić information content (AvgIpc) is 3.35. The summed E-state index contributed by atoms with van der Waals surface area (Å²) in [6.45, 7) is 3.98. The van der Waals surface area contributed by atoms with Gasteiger partial charge < -0.3 is 25.4 Å². The second kappa shape index (κ2) is 11.7. The molecule has 2 fully saturated rings. The molecule has 2 atom stereocenters. The van der Waals surface area contributed by atoms with Crippen molar-refractivity contribution in [1.82, 2.24) is 15.3 Å². The van der Waals surface area contributed by atoms with E-state index >= 15 is 0 Å². The highest BCUT2D eigenvalue weighted by Crippen LogP contribution is 2.43. The molecule has 0 aliphatic carbocycles. The molecule has 5 rings (SSSR count). The number of nitrogen functional groups attached to an aromatic ring is 1. The summed E-state index contributed by atoms with van der Waals surface area (Å²) in [6, 6.07) is 14.1. The fraction of sp³-hybridized carbons (Fsp3) is 0.414. The molecule has 2 saturated heterocycles. The zero-order chi connectivity index (χ0) is 29.2. The molecule has 0 radical (unpaired) electrons. The minimum atomic E-state index is -4.78. The fourth-order valence-electron chi connectivity index (χ4n) is 5.63. The Morgan fingerprint density at radius 2 is 1.90 bits per heavy atom. The fourth-order valence-corrected chi connectivity index (χ4v) is 5.81. The Morgan fingerprint density at radius 3 is 2.59 bits per heavy atom. The molecule has 3 heterocycles. The molecule has 0 saturated carbocycles. The summed E-state index contributed by atoms with van der Waals surface area (Å²) in [5, 5.41) is 3.42. The van der Waals surface area contributed by atoms with Crippen LogP contribution in [0.3, 0.4) is 0 Å². The van der Waals surface area contributed by atoms with Crippen molar-refractivity contribution in [2.45, 2.75) is 44.5 Å². The Morgan fingerprint density at radius 1 is 1.17 bits per heavy atom. The number of carbonyl (C=O) groups is 1. The number of nitrogens with one attached hydrogen (secondary N) is 1. The van der Waals surface area contributed by atoms with E-state index in [9.17, 15) is 18.0 Å². The maximum Gasteiger partial charge on any atom is 0.429 e. The molecule has 1 aromatic heterocycles. The van der Waals surface area contributed by atoms with Gasteiger partial charge in [0, 0.05) is 36.3 Å². The van der Waals surface area contributed by atoms with Gasteiger partial charge in [0.1, 0.15) is 11.9 Å². The molecule has 2 aliphatic heterocycles. The van der Waals surface area contributed by atoms with Crippen molar-refractivity contribution in [1.29, 1.82) is 0 Å². The van der Waals surface area contributed by atoms with Gasteiger partial charge in [-0.05, 0) is 54.9 Å². The van der Waals surface area contributed by atoms with Crippen LogP contribution in [0, 0.1) is 5.41 Å². The highest BCUT2D eigenvalue weighted by atomic mass is 35.5. The number of halogens is 4. The van der Waals surface area contributed by atoms with Crippen LogP contribution in [-0.4, -0.2) is 54.4 Å². The lowest BCUT2D eigenvalue weighted by Crippen LogP contribution is -2.41. The van der Waals surface area contributed by atoms with Crippen molar-refractivity contribution in [2.75, 3.05) is 36.9 Å². The van der Waals surface area contributed by atoms with E-state index in [2.05, 4.69) is 15.3 Å². The van der Waals surface area contributed by atoms with Crippen LogP contribution in [0.25, 0.3) is 11.1 Å². The zero-order valence-corrected chi connectivity index (χ0v) is 23.2. The number of hydrogen-bond acceptors (Lipinski definition) is 8. The van der Waals surface area contributed by atoms with Gasteiger partial charge in [-0.2, -0.15) is 23.1 Å². The van der Waals surface area contributed by atoms with Crippen molar-refractivity contribution in [3.63, 3.8) is 0 Å². The quantitative estimate of drug-likeness (QED) is 0.345. The van der Waals surface area contributed by atoms with Gasteiger partial charge in [-0.15, -0.1) is 0 Å². The zero-order valence-electron chi connectivity index (χ0n) is 22.5. The van der Waals surface area contributed by atoms with Crippen LogP contribution in [-0.2, 0) is 9.53 Å². The first-order valence-electron chi connectivity index (χ1n) is 13.4. The van der Waals surface area contributed by atoms with Gasteiger partial charge in [0.25, 0.3) is 0 Å². The molecule has 218 valence electrons. The molecule has 0 amide bonds. The summed E-state index contributed by atoms with van der Waals surface area (Å²) >= 11 is 6.14. The van der Waals surface area contributed by atoms with E-state index in [1.807, 2.05) is 4.90 Å². The van der Waals surface area contributed by atoms with Crippen LogP contribution < -0.4 is 20.7 Å². The number of anilines is 2. The molecule has 1 spiro atoms. The predicted molar refractivity (Wildman–Crippen MR) is 150 cm³/mol. The van der Waals surface area contributed by atoms with E-state index < -0.39 is 12.3 Å². The summed E-state index contributed by atoms with van der Waals surface area (Å²) in [5.41, 5.74) is 6.67. The first-order chi connectivity index (χ1) is 19.6. The standard InChI is InChI=1S/C29H31ClF3N5O3/c1-2-40-26(39)22-16-28(17-35-22)10-12-38(13-11-28)23-15-24(37-27(34)36-23)41-25(29(31,32)33)21-14-19(30)8-9-20(21)18-6-4-3-5-7-18/h3-9,14-15,22,25,35H,2,10-13,16-17H2,1H3,(H2,34,36,37)/t22?,25-/m1/s1. The average molecular weight is 590 g/mol. The minimum absolute atomic E-state index is 0.0619. The summed E-state index contributed by atoms with van der Waals surface area (Å²) < 4.78 is 54.2. The summed E-state index contributed by atoms with van der Waals surface area (Å²) in [5.74, 6) is -0.353. The molecule has 8 nitrogen and oxygen atoms in total. The monoisotopic (exact) mass is 589 g/mol. The van der Waals surface area contributed by atoms with E-state index in [4.69, 9.17) is 26.8 Å². The van der Waals surface area contributed by atoms with Crippen molar-refractivity contribution in [2.24, 2.45) is 5.41 Å². The van der Waals surface area contributed by atoms with Crippen LogP contribution in [0.1, 0.15) is 37.9 Å². The highest BCUT2D eigenvalue weighted by Gasteiger charge is 2.46. The van der Waals surface area contributed by atoms with Gasteiger partial charge in [0.2, 0.25) is 17.9 Å². The number of hydrogen-bond donors (Lipinski definition) is 2. The van der Waals surface area contributed by atoms with Crippen LogP contribution >= 0.6 is 11.6 Å². The first kappa shape index (κ1) is 28.9. The van der Waals surface area contributed by atoms with Gasteiger partial charge in [0.15, 0.2) is 0 Å². The Hall–Kier alpha value is -3.57. The Bertz CT molecular complexity index is 1380. The number of benzene rings is 2. The van der Waals surface area contributed by atoms with E-state index in [1.54, 1.807) is 49.4 Å². The molecule has 0 bridgehead atoms. The normalized spacial score (nSPS) is 19.2. The second-order valence-electron chi connectivity index (χ2n) is 10.4. The number of esters is 1. The second-order valence-corrected chi connectivity index (χ2v) is 10.9. The lowest BCUT2D eigenvalue weighted by molar-refractivity contribution is -0.198. The summed E-state index contributed by atoms with van der Waals surface area (Å²) in [4.78, 5) is 22.4. The highest BCUT2D eigenvalue weighted by molar-refractivity contribution is 6.30. The number of alkyl halides is 3. The first-order valence-corrected chi connectivity index (χ1v) is 13.8. The molecular formula is C29H31ClF3N5O3. The molecule has 1 unspecified atom stereocenters. The number of ether oxygens (including phenoxy) is 2. The van der Waals surface area contributed by atoms with Gasteiger partial charge in [-0.1, -0.05) is 48.0 Å². The number of carbonyl (C=O) groups excluding carboxylic acids is 1. The number of nitrogens with two attached hydrogens (primary N) is 1. The van der Waals surface area contributed by atoms with Crippen LogP contribution in [0.5, 0.6) is 5.88 Å². The van der Waals surface area contributed by atoms with Crippen molar-refractivity contribution in [3.05, 3.63) is 65.2 Å². The number of nitrogens with zero attached hydrogens (tertiary/aromatic N) is 3. The molecule has 3 N–H and O–H groups in total. The van der Waals surface area contributed by atoms with E-state index in [0.29, 0.717) is 49.6 Å². The predicted octanol–water partition coefficient (Wildman–Crippen LogP) is 5.57. The smallest absolute Gasteiger partial charge is 0.429 e. The molecule has 3 aromatic rings. The Balaban J connectivity index is 1.37. The van der Waals surface area contributed by atoms with Crippen LogP contribution in [0.15, 0.2) is 54.6 Å². The molecular weight excluding hydrogens is 559 g/mol.